The molecule has 100 valence electrons. The van der Waals surface area contributed by atoms with Crippen molar-refractivity contribution in [3.05, 3.63) is 41.5 Å². The molecule has 1 aliphatic carbocycles. The predicted octanol–water partition coefficient (Wildman–Crippen LogP) is 1.82. The van der Waals surface area contributed by atoms with Gasteiger partial charge in [0.1, 0.15) is 6.07 Å². The van der Waals surface area contributed by atoms with Crippen molar-refractivity contribution < 1.29 is 4.79 Å². The van der Waals surface area contributed by atoms with Crippen LogP contribution < -0.4 is 5.32 Å². The number of amides is 1. The van der Waals surface area contributed by atoms with Crippen LogP contribution in [0.2, 0.25) is 0 Å². The zero-order valence-corrected chi connectivity index (χ0v) is 11.0. The van der Waals surface area contributed by atoms with Gasteiger partial charge in [0, 0.05) is 31.1 Å². The molecule has 0 saturated heterocycles. The number of aryl methyl sites for hydroxylation is 1. The van der Waals surface area contributed by atoms with Crippen molar-refractivity contribution in [1.82, 2.24) is 14.8 Å². The summed E-state index contributed by atoms with van der Waals surface area (Å²) in [5.41, 5.74) is 2.12. The third kappa shape index (κ3) is 2.38. The summed E-state index contributed by atoms with van der Waals surface area (Å²) in [5, 5.41) is 15.6. The molecule has 0 atom stereocenters. The summed E-state index contributed by atoms with van der Waals surface area (Å²) in [7, 11) is 1.70. The van der Waals surface area contributed by atoms with Gasteiger partial charge in [-0.2, -0.15) is 10.4 Å². The van der Waals surface area contributed by atoms with Crippen LogP contribution in [0.1, 0.15) is 40.5 Å². The molecule has 0 bridgehead atoms. The predicted molar refractivity (Wildman–Crippen MR) is 72.1 cm³/mol. The quantitative estimate of drug-likeness (QED) is 0.919. The fraction of sp³-hybridized carbons (Fsp3) is 0.286. The van der Waals surface area contributed by atoms with Crippen molar-refractivity contribution in [3.63, 3.8) is 0 Å². The van der Waals surface area contributed by atoms with Gasteiger partial charge in [-0.05, 0) is 25.0 Å². The van der Waals surface area contributed by atoms with Crippen LogP contribution in [0.5, 0.6) is 0 Å². The van der Waals surface area contributed by atoms with E-state index < -0.39 is 0 Å². The number of carbonyl (C=O) groups is 1. The van der Waals surface area contributed by atoms with Crippen molar-refractivity contribution >= 4 is 11.6 Å². The van der Waals surface area contributed by atoms with Crippen molar-refractivity contribution in [1.29, 1.82) is 5.26 Å². The number of nitrogens with zero attached hydrogens (tertiary/aromatic N) is 4. The second-order valence-corrected chi connectivity index (χ2v) is 4.88. The molecule has 1 N–H and O–H groups in total. The highest BCUT2D eigenvalue weighted by Crippen LogP contribution is 2.38. The number of hydrogen-bond acceptors (Lipinski definition) is 4. The second-order valence-electron chi connectivity index (χ2n) is 4.88. The highest BCUT2D eigenvalue weighted by molar-refractivity contribution is 6.04. The molecule has 0 aromatic carbocycles. The smallest absolute Gasteiger partial charge is 0.257 e. The molecule has 1 amide bonds. The molecule has 3 rings (SSSR count). The van der Waals surface area contributed by atoms with Crippen LogP contribution in [-0.2, 0) is 7.05 Å². The van der Waals surface area contributed by atoms with Crippen molar-refractivity contribution in [3.8, 4) is 6.07 Å². The summed E-state index contributed by atoms with van der Waals surface area (Å²) in [6, 6.07) is 5.60. The number of aromatic nitrogens is 3. The summed E-state index contributed by atoms with van der Waals surface area (Å²) in [4.78, 5) is 16.4. The van der Waals surface area contributed by atoms with Gasteiger partial charge in [0.15, 0.2) is 5.69 Å². The molecule has 0 radical (unpaired) electrons. The average molecular weight is 267 g/mol. The standard InChI is InChI=1S/C14H13N5O/c1-19-8-13(12(6-15)18-19)17-14(20)10-4-5-11(16-7-10)9-2-3-9/h4-5,7-9H,2-3H2,1H3,(H,17,20). The van der Waals surface area contributed by atoms with Gasteiger partial charge in [0.05, 0.1) is 11.3 Å². The Balaban J connectivity index is 1.76. The minimum absolute atomic E-state index is 0.198. The maximum absolute atomic E-state index is 12.1. The molecule has 0 aliphatic heterocycles. The molecule has 1 saturated carbocycles. The maximum Gasteiger partial charge on any atom is 0.257 e. The van der Waals surface area contributed by atoms with Gasteiger partial charge in [0.25, 0.3) is 5.91 Å². The number of anilines is 1. The van der Waals surface area contributed by atoms with E-state index in [1.807, 2.05) is 12.1 Å². The summed E-state index contributed by atoms with van der Waals surface area (Å²) < 4.78 is 1.49. The molecule has 1 aliphatic rings. The number of nitrogens with one attached hydrogen (secondary N) is 1. The van der Waals surface area contributed by atoms with E-state index in [4.69, 9.17) is 5.26 Å². The Morgan fingerprint density at radius 2 is 2.30 bits per heavy atom. The molecule has 2 aromatic heterocycles. The second kappa shape index (κ2) is 4.78. The molecular weight excluding hydrogens is 254 g/mol. The third-order valence-corrected chi connectivity index (χ3v) is 3.23. The number of nitriles is 1. The minimum atomic E-state index is -0.288. The Morgan fingerprint density at radius 3 is 2.90 bits per heavy atom. The average Bonchev–Trinajstić information content (AvgIpc) is 3.23. The van der Waals surface area contributed by atoms with Crippen LogP contribution in [0.3, 0.4) is 0 Å². The van der Waals surface area contributed by atoms with E-state index in [1.165, 1.54) is 17.5 Å². The fourth-order valence-electron chi connectivity index (χ4n) is 2.02. The van der Waals surface area contributed by atoms with Gasteiger partial charge in [0.2, 0.25) is 0 Å². The van der Waals surface area contributed by atoms with Crippen LogP contribution in [0.15, 0.2) is 24.5 Å². The molecule has 2 heterocycles. The van der Waals surface area contributed by atoms with Crippen LogP contribution in [0, 0.1) is 11.3 Å². The normalized spacial score (nSPS) is 13.8. The molecular formula is C14H13N5O. The van der Waals surface area contributed by atoms with E-state index in [1.54, 1.807) is 25.5 Å². The van der Waals surface area contributed by atoms with Gasteiger partial charge in [-0.3, -0.25) is 14.5 Å². The summed E-state index contributed by atoms with van der Waals surface area (Å²) in [5.74, 6) is 0.278. The van der Waals surface area contributed by atoms with E-state index in [0.717, 1.165) is 5.69 Å². The van der Waals surface area contributed by atoms with E-state index in [0.29, 0.717) is 17.2 Å². The molecule has 0 unspecified atom stereocenters. The lowest BCUT2D eigenvalue weighted by molar-refractivity contribution is 0.102. The highest BCUT2D eigenvalue weighted by Gasteiger charge is 2.24. The van der Waals surface area contributed by atoms with Gasteiger partial charge in [-0.25, -0.2) is 0 Å². The van der Waals surface area contributed by atoms with Crippen molar-refractivity contribution in [2.45, 2.75) is 18.8 Å². The first-order valence-corrected chi connectivity index (χ1v) is 6.38. The Morgan fingerprint density at radius 1 is 1.50 bits per heavy atom. The van der Waals surface area contributed by atoms with Gasteiger partial charge >= 0.3 is 0 Å². The van der Waals surface area contributed by atoms with Gasteiger partial charge in [-0.1, -0.05) is 0 Å². The van der Waals surface area contributed by atoms with Crippen LogP contribution in [0.4, 0.5) is 5.69 Å². The van der Waals surface area contributed by atoms with E-state index in [9.17, 15) is 4.79 Å². The van der Waals surface area contributed by atoms with E-state index in [-0.39, 0.29) is 11.6 Å². The van der Waals surface area contributed by atoms with Crippen LogP contribution in [-0.4, -0.2) is 20.7 Å². The van der Waals surface area contributed by atoms with Crippen molar-refractivity contribution in [2.24, 2.45) is 7.05 Å². The molecule has 1 fully saturated rings. The van der Waals surface area contributed by atoms with Gasteiger partial charge in [-0.15, -0.1) is 0 Å². The minimum Gasteiger partial charge on any atom is -0.318 e. The first-order valence-electron chi connectivity index (χ1n) is 6.38. The lowest BCUT2D eigenvalue weighted by atomic mass is 10.2. The number of pyridine rings is 1. The first kappa shape index (κ1) is 12.4. The lowest BCUT2D eigenvalue weighted by Crippen LogP contribution is -2.12. The Kier molecular flexibility index (Phi) is 2.95. The van der Waals surface area contributed by atoms with Gasteiger partial charge < -0.3 is 5.32 Å². The highest BCUT2D eigenvalue weighted by atomic mass is 16.1. The topological polar surface area (TPSA) is 83.6 Å². The van der Waals surface area contributed by atoms with E-state index in [2.05, 4.69) is 15.4 Å². The lowest BCUT2D eigenvalue weighted by Gasteiger charge is -2.03. The summed E-state index contributed by atoms with van der Waals surface area (Å²) in [6.45, 7) is 0. The maximum atomic E-state index is 12.1. The van der Waals surface area contributed by atoms with Crippen molar-refractivity contribution in [2.75, 3.05) is 5.32 Å². The third-order valence-electron chi connectivity index (χ3n) is 3.23. The SMILES string of the molecule is Cn1cc(NC(=O)c2ccc(C3CC3)nc2)c(C#N)n1. The van der Waals surface area contributed by atoms with Crippen LogP contribution >= 0.6 is 0 Å². The molecule has 20 heavy (non-hydrogen) atoms. The molecule has 2 aromatic rings. The summed E-state index contributed by atoms with van der Waals surface area (Å²) in [6.07, 6.45) is 5.54. The van der Waals surface area contributed by atoms with Crippen LogP contribution in [0.25, 0.3) is 0 Å². The zero-order valence-electron chi connectivity index (χ0n) is 11.0. The monoisotopic (exact) mass is 267 g/mol. The molecule has 6 nitrogen and oxygen atoms in total. The summed E-state index contributed by atoms with van der Waals surface area (Å²) >= 11 is 0. The Hall–Kier alpha value is -2.68. The number of hydrogen-bond donors (Lipinski definition) is 1. The number of carbonyl (C=O) groups excluding carboxylic acids is 1. The Bertz CT molecular complexity index is 691. The van der Waals surface area contributed by atoms with E-state index >= 15 is 0 Å². The Labute approximate surface area is 116 Å². The largest absolute Gasteiger partial charge is 0.318 e. The number of rotatable bonds is 3. The fourth-order valence-corrected chi connectivity index (χ4v) is 2.02. The molecule has 6 heteroatoms. The first-order chi connectivity index (χ1) is 9.67. The molecule has 0 spiro atoms. The zero-order chi connectivity index (χ0) is 14.1.